The van der Waals surface area contributed by atoms with Crippen LogP contribution in [0.15, 0.2) is 24.3 Å². The summed E-state index contributed by atoms with van der Waals surface area (Å²) in [7, 11) is 0. The smallest absolute Gasteiger partial charge is 0.315 e. The summed E-state index contributed by atoms with van der Waals surface area (Å²) in [6.45, 7) is 3.16. The lowest BCUT2D eigenvalue weighted by molar-refractivity contribution is -0.117. The number of nitrogens with one attached hydrogen (secondary N) is 2. The average molecular weight is 307 g/mol. The summed E-state index contributed by atoms with van der Waals surface area (Å²) >= 11 is 0. The van der Waals surface area contributed by atoms with E-state index in [4.69, 9.17) is 0 Å². The molecule has 0 unspecified atom stereocenters. The quantitative estimate of drug-likeness (QED) is 0.793. The van der Waals surface area contributed by atoms with E-state index in [-0.39, 0.29) is 30.2 Å². The molecule has 1 saturated heterocycles. The van der Waals surface area contributed by atoms with E-state index in [1.165, 1.54) is 12.1 Å². The molecular weight excluding hydrogens is 285 g/mol. The molecule has 120 valence electrons. The van der Waals surface area contributed by atoms with E-state index in [9.17, 15) is 14.0 Å². The predicted octanol–water partition coefficient (Wildman–Crippen LogP) is 2.42. The summed E-state index contributed by atoms with van der Waals surface area (Å²) < 4.78 is 12.9. The summed E-state index contributed by atoms with van der Waals surface area (Å²) in [4.78, 5) is 25.3. The molecule has 2 rings (SSSR count). The maximum atomic E-state index is 12.9. The summed E-state index contributed by atoms with van der Waals surface area (Å²) in [5, 5.41) is 5.60. The molecule has 1 atom stereocenters. The van der Waals surface area contributed by atoms with Crippen LogP contribution >= 0.6 is 0 Å². The minimum absolute atomic E-state index is 0.0668. The number of carbonyl (C=O) groups is 2. The lowest BCUT2D eigenvalue weighted by Gasteiger charge is -2.17. The molecule has 0 bridgehead atoms. The van der Waals surface area contributed by atoms with Crippen LogP contribution in [0.5, 0.6) is 0 Å². The molecule has 3 amide bonds. The Balaban J connectivity index is 1.82. The van der Waals surface area contributed by atoms with Crippen molar-refractivity contribution in [2.24, 2.45) is 0 Å². The van der Waals surface area contributed by atoms with Gasteiger partial charge in [0.15, 0.2) is 0 Å². The molecule has 6 heteroatoms. The molecule has 0 spiro atoms. The van der Waals surface area contributed by atoms with Gasteiger partial charge in [0, 0.05) is 25.2 Å². The minimum atomic E-state index is -0.337. The van der Waals surface area contributed by atoms with E-state index in [0.29, 0.717) is 18.8 Å². The second-order valence-corrected chi connectivity index (χ2v) is 5.49. The Bertz CT molecular complexity index is 519. The number of benzene rings is 1. The lowest BCUT2D eigenvalue weighted by atomic mass is 10.2. The fourth-order valence-electron chi connectivity index (χ4n) is 2.49. The second kappa shape index (κ2) is 7.77. The zero-order valence-corrected chi connectivity index (χ0v) is 12.8. The third-order valence-electron chi connectivity index (χ3n) is 3.66. The molecule has 1 aliphatic heterocycles. The zero-order valence-electron chi connectivity index (χ0n) is 12.8. The molecule has 0 saturated carbocycles. The van der Waals surface area contributed by atoms with Crippen LogP contribution < -0.4 is 15.5 Å². The van der Waals surface area contributed by atoms with Crippen LogP contribution in [0.4, 0.5) is 14.9 Å². The largest absolute Gasteiger partial charge is 0.338 e. The summed E-state index contributed by atoms with van der Waals surface area (Å²) in [5.41, 5.74) is 0.652. The highest BCUT2D eigenvalue weighted by molar-refractivity contribution is 5.96. The maximum absolute atomic E-state index is 12.9. The molecule has 1 heterocycles. The van der Waals surface area contributed by atoms with Crippen LogP contribution in [0, 0.1) is 5.82 Å². The van der Waals surface area contributed by atoms with Crippen molar-refractivity contribution in [3.63, 3.8) is 0 Å². The van der Waals surface area contributed by atoms with Crippen molar-refractivity contribution in [1.29, 1.82) is 0 Å². The van der Waals surface area contributed by atoms with Gasteiger partial charge in [-0.1, -0.05) is 19.8 Å². The van der Waals surface area contributed by atoms with Gasteiger partial charge in [-0.15, -0.1) is 0 Å². The fourth-order valence-corrected chi connectivity index (χ4v) is 2.49. The summed E-state index contributed by atoms with van der Waals surface area (Å²) in [5.74, 6) is -0.403. The molecule has 0 aliphatic carbocycles. The van der Waals surface area contributed by atoms with Crippen molar-refractivity contribution in [1.82, 2.24) is 10.6 Å². The first-order valence-corrected chi connectivity index (χ1v) is 7.70. The van der Waals surface area contributed by atoms with Crippen molar-refractivity contribution in [2.75, 3.05) is 18.0 Å². The minimum Gasteiger partial charge on any atom is -0.338 e. The van der Waals surface area contributed by atoms with Gasteiger partial charge < -0.3 is 15.5 Å². The number of urea groups is 1. The van der Waals surface area contributed by atoms with E-state index < -0.39 is 0 Å². The Labute approximate surface area is 129 Å². The van der Waals surface area contributed by atoms with Crippen molar-refractivity contribution in [3.8, 4) is 0 Å². The van der Waals surface area contributed by atoms with E-state index >= 15 is 0 Å². The molecule has 1 fully saturated rings. The normalized spacial score (nSPS) is 17.6. The van der Waals surface area contributed by atoms with Gasteiger partial charge in [-0.3, -0.25) is 4.79 Å². The van der Waals surface area contributed by atoms with Gasteiger partial charge in [0.1, 0.15) is 5.82 Å². The molecule has 1 aromatic carbocycles. The molecule has 1 aromatic rings. The van der Waals surface area contributed by atoms with Crippen LogP contribution in [0.3, 0.4) is 0 Å². The number of nitrogens with zero attached hydrogens (tertiary/aromatic N) is 1. The van der Waals surface area contributed by atoms with Crippen LogP contribution in [-0.4, -0.2) is 31.1 Å². The highest BCUT2D eigenvalue weighted by Crippen LogP contribution is 2.21. The maximum Gasteiger partial charge on any atom is 0.315 e. The van der Waals surface area contributed by atoms with Crippen molar-refractivity contribution in [2.45, 2.75) is 38.6 Å². The van der Waals surface area contributed by atoms with E-state index in [2.05, 4.69) is 17.6 Å². The average Bonchev–Trinajstić information content (AvgIpc) is 2.85. The molecule has 0 aromatic heterocycles. The van der Waals surface area contributed by atoms with Crippen LogP contribution in [0.2, 0.25) is 0 Å². The Morgan fingerprint density at radius 1 is 1.32 bits per heavy atom. The molecule has 5 nitrogen and oxygen atoms in total. The number of unbranched alkanes of at least 4 members (excludes halogenated alkanes) is 2. The number of hydrogen-bond donors (Lipinski definition) is 2. The number of anilines is 1. The highest BCUT2D eigenvalue weighted by Gasteiger charge is 2.31. The number of amides is 3. The first-order valence-electron chi connectivity index (χ1n) is 7.70. The van der Waals surface area contributed by atoms with Crippen molar-refractivity contribution < 1.29 is 14.0 Å². The van der Waals surface area contributed by atoms with Crippen molar-refractivity contribution in [3.05, 3.63) is 30.1 Å². The third-order valence-corrected chi connectivity index (χ3v) is 3.66. The molecule has 22 heavy (non-hydrogen) atoms. The Morgan fingerprint density at radius 3 is 2.73 bits per heavy atom. The summed E-state index contributed by atoms with van der Waals surface area (Å²) in [6, 6.07) is 5.33. The monoisotopic (exact) mass is 307 g/mol. The van der Waals surface area contributed by atoms with Crippen LogP contribution in [0.1, 0.15) is 32.6 Å². The molecule has 2 N–H and O–H groups in total. The first kappa shape index (κ1) is 16.3. The van der Waals surface area contributed by atoms with Crippen molar-refractivity contribution >= 4 is 17.6 Å². The Hall–Kier alpha value is -2.11. The third kappa shape index (κ3) is 4.44. The lowest BCUT2D eigenvalue weighted by Crippen LogP contribution is -2.43. The highest BCUT2D eigenvalue weighted by atomic mass is 19.1. The number of halogens is 1. The molecule has 0 radical (unpaired) electrons. The van der Waals surface area contributed by atoms with Gasteiger partial charge in [0.2, 0.25) is 5.91 Å². The fraction of sp³-hybridized carbons (Fsp3) is 0.500. The van der Waals surface area contributed by atoms with Crippen LogP contribution in [0.25, 0.3) is 0 Å². The second-order valence-electron chi connectivity index (χ2n) is 5.49. The Kier molecular flexibility index (Phi) is 5.75. The van der Waals surface area contributed by atoms with Gasteiger partial charge in [-0.05, 0) is 30.7 Å². The number of rotatable bonds is 6. The number of carbonyl (C=O) groups excluding carboxylic acids is 2. The topological polar surface area (TPSA) is 61.4 Å². The SMILES string of the molecule is CCCCCNC(=O)N[C@@H]1CC(=O)N(c2ccc(F)cc2)C1. The predicted molar refractivity (Wildman–Crippen MR) is 83.2 cm³/mol. The van der Waals surface area contributed by atoms with Gasteiger partial charge in [-0.2, -0.15) is 0 Å². The Morgan fingerprint density at radius 2 is 2.05 bits per heavy atom. The van der Waals surface area contributed by atoms with Gasteiger partial charge >= 0.3 is 6.03 Å². The summed E-state index contributed by atoms with van der Waals surface area (Å²) in [6.07, 6.45) is 3.41. The first-order chi connectivity index (χ1) is 10.6. The van der Waals surface area contributed by atoms with E-state index in [0.717, 1.165) is 19.3 Å². The van der Waals surface area contributed by atoms with Crippen LogP contribution in [-0.2, 0) is 4.79 Å². The molecular formula is C16H22FN3O2. The van der Waals surface area contributed by atoms with Gasteiger partial charge in [-0.25, -0.2) is 9.18 Å². The van der Waals surface area contributed by atoms with Gasteiger partial charge in [0.25, 0.3) is 0 Å². The zero-order chi connectivity index (χ0) is 15.9. The standard InChI is InChI=1S/C16H22FN3O2/c1-2-3-4-9-18-16(22)19-13-10-15(21)20(11-13)14-7-5-12(17)6-8-14/h5-8,13H,2-4,9-11H2,1H3,(H2,18,19,22)/t13-/m1/s1. The van der Waals surface area contributed by atoms with Gasteiger partial charge in [0.05, 0.1) is 6.04 Å². The number of hydrogen-bond acceptors (Lipinski definition) is 2. The van der Waals surface area contributed by atoms with E-state index in [1.54, 1.807) is 17.0 Å². The van der Waals surface area contributed by atoms with E-state index in [1.807, 2.05) is 0 Å². The molecule has 1 aliphatic rings.